The number of benzene rings is 1. The first-order chi connectivity index (χ1) is 13.9. The van der Waals surface area contributed by atoms with Crippen molar-refractivity contribution >= 4 is 29.3 Å². The van der Waals surface area contributed by atoms with Crippen LogP contribution in [0.3, 0.4) is 0 Å². The zero-order valence-corrected chi connectivity index (χ0v) is 17.8. The summed E-state index contributed by atoms with van der Waals surface area (Å²) in [5, 5.41) is 9.54. The van der Waals surface area contributed by atoms with E-state index in [1.165, 1.54) is 16.7 Å². The van der Waals surface area contributed by atoms with Gasteiger partial charge in [-0.3, -0.25) is 9.59 Å². The maximum atomic E-state index is 13.0. The number of nitrogens with zero attached hydrogens (tertiary/aromatic N) is 3. The zero-order valence-electron chi connectivity index (χ0n) is 17.0. The molecule has 1 unspecified atom stereocenters. The van der Waals surface area contributed by atoms with Gasteiger partial charge in [0.05, 0.1) is 23.1 Å². The third-order valence-corrected chi connectivity index (χ3v) is 6.15. The number of pyridine rings is 1. The number of ether oxygens (including phenoxy) is 1. The van der Waals surface area contributed by atoms with E-state index in [2.05, 4.69) is 11.1 Å². The maximum absolute atomic E-state index is 13.0. The second-order valence-electron chi connectivity index (χ2n) is 6.75. The van der Waals surface area contributed by atoms with Crippen LogP contribution in [0.4, 0.5) is 5.69 Å². The smallest absolute Gasteiger partial charge is 0.247 e. The van der Waals surface area contributed by atoms with Gasteiger partial charge in [-0.15, -0.1) is 0 Å². The van der Waals surface area contributed by atoms with E-state index >= 15 is 0 Å². The Labute approximate surface area is 174 Å². The highest BCUT2D eigenvalue weighted by atomic mass is 32.2. The van der Waals surface area contributed by atoms with E-state index in [9.17, 15) is 14.9 Å². The number of aromatic nitrogens is 1. The Hall–Kier alpha value is -2.85. The fourth-order valence-electron chi connectivity index (χ4n) is 3.56. The monoisotopic (exact) mass is 409 g/mol. The summed E-state index contributed by atoms with van der Waals surface area (Å²) in [6, 6.07) is 9.11. The van der Waals surface area contributed by atoms with E-state index in [0.717, 1.165) is 23.2 Å². The second-order valence-corrected chi connectivity index (χ2v) is 7.94. The van der Waals surface area contributed by atoms with Crippen molar-refractivity contribution in [2.45, 2.75) is 50.8 Å². The molecule has 1 aliphatic heterocycles. The van der Waals surface area contributed by atoms with Gasteiger partial charge in [0.1, 0.15) is 16.8 Å². The van der Waals surface area contributed by atoms with Crippen molar-refractivity contribution in [1.29, 1.82) is 5.26 Å². The Morgan fingerprint density at radius 2 is 1.93 bits per heavy atom. The van der Waals surface area contributed by atoms with Crippen LogP contribution in [-0.4, -0.2) is 28.7 Å². The van der Waals surface area contributed by atoms with Crippen LogP contribution in [0.25, 0.3) is 0 Å². The average molecular weight is 410 g/mol. The van der Waals surface area contributed by atoms with Crippen molar-refractivity contribution in [2.24, 2.45) is 0 Å². The van der Waals surface area contributed by atoms with E-state index < -0.39 is 5.25 Å². The number of anilines is 1. The van der Waals surface area contributed by atoms with Crippen LogP contribution in [0, 0.1) is 25.2 Å². The largest absolute Gasteiger partial charge is 0.494 e. The van der Waals surface area contributed by atoms with Gasteiger partial charge in [-0.1, -0.05) is 18.7 Å². The Kier molecular flexibility index (Phi) is 6.23. The van der Waals surface area contributed by atoms with Crippen LogP contribution in [0.2, 0.25) is 0 Å². The molecule has 1 saturated heterocycles. The molecule has 1 aliphatic rings. The number of amides is 2. The number of thioether (sulfide) groups is 1. The van der Waals surface area contributed by atoms with Crippen molar-refractivity contribution in [3.8, 4) is 11.8 Å². The quantitative estimate of drug-likeness (QED) is 0.672. The lowest BCUT2D eigenvalue weighted by Gasteiger charge is -2.16. The number of carbonyl (C=O) groups is 2. The van der Waals surface area contributed by atoms with E-state index in [1.807, 2.05) is 27.7 Å². The average Bonchev–Trinajstić information content (AvgIpc) is 2.96. The molecule has 0 aliphatic carbocycles. The van der Waals surface area contributed by atoms with E-state index in [-0.39, 0.29) is 18.2 Å². The fourth-order valence-corrected chi connectivity index (χ4v) is 4.76. The van der Waals surface area contributed by atoms with Gasteiger partial charge in [0.25, 0.3) is 0 Å². The van der Waals surface area contributed by atoms with Gasteiger partial charge in [-0.25, -0.2) is 9.88 Å². The summed E-state index contributed by atoms with van der Waals surface area (Å²) in [6.07, 6.45) is 0.869. The molecular formula is C22H23N3O3S. The third kappa shape index (κ3) is 3.99. The molecule has 0 N–H and O–H groups in total. The Bertz CT molecular complexity index is 996. The lowest BCUT2D eigenvalue weighted by molar-refractivity contribution is -0.121. The molecule has 6 nitrogen and oxygen atoms in total. The van der Waals surface area contributed by atoms with Gasteiger partial charge in [0.15, 0.2) is 0 Å². The molecule has 0 spiro atoms. The zero-order chi connectivity index (χ0) is 21.1. The molecule has 3 rings (SSSR count). The standard InChI is InChI=1S/C22H23N3O3S/c1-5-17-13(3)18(12-23)21(24-14(17)4)29-19-11-20(26)25(22(19)27)15-7-9-16(10-8-15)28-6-2/h7-10,19H,5-6,11H2,1-4H3. The summed E-state index contributed by atoms with van der Waals surface area (Å²) < 4.78 is 5.41. The minimum absolute atomic E-state index is 0.0802. The minimum Gasteiger partial charge on any atom is -0.494 e. The number of aryl methyl sites for hydroxylation is 1. The van der Waals surface area contributed by atoms with Crippen molar-refractivity contribution in [3.63, 3.8) is 0 Å². The summed E-state index contributed by atoms with van der Waals surface area (Å²) in [6.45, 7) is 8.28. The van der Waals surface area contributed by atoms with Crippen LogP contribution in [0.15, 0.2) is 29.3 Å². The first kappa shape index (κ1) is 20.9. The fraction of sp³-hybridized carbons (Fsp3) is 0.364. The molecule has 2 aromatic rings. The van der Waals surface area contributed by atoms with Crippen molar-refractivity contribution in [2.75, 3.05) is 11.5 Å². The summed E-state index contributed by atoms with van der Waals surface area (Å²) in [5.41, 5.74) is 3.80. The summed E-state index contributed by atoms with van der Waals surface area (Å²) in [7, 11) is 0. The predicted molar refractivity (Wildman–Crippen MR) is 112 cm³/mol. The van der Waals surface area contributed by atoms with Crippen LogP contribution in [-0.2, 0) is 16.0 Å². The van der Waals surface area contributed by atoms with Gasteiger partial charge in [0, 0.05) is 12.1 Å². The molecule has 1 atom stereocenters. The van der Waals surface area contributed by atoms with Crippen molar-refractivity contribution in [3.05, 3.63) is 46.6 Å². The van der Waals surface area contributed by atoms with Crippen LogP contribution >= 0.6 is 11.8 Å². The summed E-state index contributed by atoms with van der Waals surface area (Å²) in [5.74, 6) is 0.143. The Morgan fingerprint density at radius 1 is 1.24 bits per heavy atom. The molecule has 1 aromatic heterocycles. The molecule has 150 valence electrons. The van der Waals surface area contributed by atoms with Gasteiger partial charge in [-0.05, 0) is 62.6 Å². The Morgan fingerprint density at radius 3 is 2.52 bits per heavy atom. The molecule has 29 heavy (non-hydrogen) atoms. The van der Waals surface area contributed by atoms with Crippen LogP contribution in [0.1, 0.15) is 42.7 Å². The highest BCUT2D eigenvalue weighted by Gasteiger charge is 2.41. The maximum Gasteiger partial charge on any atom is 0.247 e. The number of carbonyl (C=O) groups excluding carboxylic acids is 2. The molecular weight excluding hydrogens is 386 g/mol. The normalized spacial score (nSPS) is 16.2. The number of imide groups is 1. The molecule has 0 radical (unpaired) electrons. The first-order valence-corrected chi connectivity index (χ1v) is 10.5. The molecule has 2 heterocycles. The highest BCUT2D eigenvalue weighted by Crippen LogP contribution is 2.36. The van der Waals surface area contributed by atoms with Gasteiger partial charge >= 0.3 is 0 Å². The van der Waals surface area contributed by atoms with E-state index in [0.29, 0.717) is 28.6 Å². The number of hydrogen-bond acceptors (Lipinski definition) is 6. The molecule has 1 fully saturated rings. The third-order valence-electron chi connectivity index (χ3n) is 4.98. The highest BCUT2D eigenvalue weighted by molar-refractivity contribution is 8.00. The van der Waals surface area contributed by atoms with E-state index in [1.54, 1.807) is 24.3 Å². The summed E-state index contributed by atoms with van der Waals surface area (Å²) >= 11 is 1.20. The van der Waals surface area contributed by atoms with Gasteiger partial charge in [0.2, 0.25) is 11.8 Å². The number of nitriles is 1. The number of hydrogen-bond donors (Lipinski definition) is 0. The van der Waals surface area contributed by atoms with Crippen LogP contribution in [0.5, 0.6) is 5.75 Å². The van der Waals surface area contributed by atoms with Gasteiger partial charge < -0.3 is 4.74 Å². The van der Waals surface area contributed by atoms with Crippen molar-refractivity contribution < 1.29 is 14.3 Å². The lowest BCUT2D eigenvalue weighted by atomic mass is 10.0. The molecule has 0 saturated carbocycles. The van der Waals surface area contributed by atoms with Gasteiger partial charge in [-0.2, -0.15) is 5.26 Å². The topological polar surface area (TPSA) is 83.3 Å². The minimum atomic E-state index is -0.597. The van der Waals surface area contributed by atoms with Crippen LogP contribution < -0.4 is 9.64 Å². The molecule has 0 bridgehead atoms. The number of rotatable bonds is 6. The van der Waals surface area contributed by atoms with E-state index in [4.69, 9.17) is 4.74 Å². The summed E-state index contributed by atoms with van der Waals surface area (Å²) in [4.78, 5) is 31.3. The Balaban J connectivity index is 1.86. The lowest BCUT2D eigenvalue weighted by Crippen LogP contribution is -2.31. The second kappa shape index (κ2) is 8.66. The van der Waals surface area contributed by atoms with Crippen molar-refractivity contribution in [1.82, 2.24) is 4.98 Å². The predicted octanol–water partition coefficient (Wildman–Crippen LogP) is 3.96. The molecule has 1 aromatic carbocycles. The molecule has 2 amide bonds. The SMILES string of the molecule is CCOc1ccc(N2C(=O)CC(Sc3nc(C)c(CC)c(C)c3C#N)C2=O)cc1. The first-order valence-electron chi connectivity index (χ1n) is 9.57. The molecule has 7 heteroatoms.